The average molecular weight is 417 g/mol. The molecule has 0 fully saturated rings. The fraction of sp³-hybridized carbons (Fsp3) is 0.200. The zero-order valence-electron chi connectivity index (χ0n) is 14.7. The molecule has 0 aliphatic rings. The van der Waals surface area contributed by atoms with Crippen molar-refractivity contribution in [2.45, 2.75) is 19.4 Å². The number of benzene rings is 1. The zero-order chi connectivity index (χ0) is 18.8. The lowest BCUT2D eigenvalue weighted by molar-refractivity contribution is -0.693. The van der Waals surface area contributed by atoms with Crippen molar-refractivity contribution in [1.29, 1.82) is 0 Å². The van der Waals surface area contributed by atoms with Crippen LogP contribution >= 0.6 is 34.3 Å². The quantitative estimate of drug-likeness (QED) is 0.494. The van der Waals surface area contributed by atoms with E-state index in [-0.39, 0.29) is 11.6 Å². The number of quaternary nitrogens is 1. The molecule has 0 bridgehead atoms. The molecule has 7 heteroatoms. The first-order valence-corrected chi connectivity index (χ1v) is 10.9. The van der Waals surface area contributed by atoms with Crippen molar-refractivity contribution in [2.75, 3.05) is 6.54 Å². The number of aromatic amines is 1. The first-order chi connectivity index (χ1) is 13.1. The van der Waals surface area contributed by atoms with E-state index in [4.69, 9.17) is 16.6 Å². The van der Waals surface area contributed by atoms with Gasteiger partial charge < -0.3 is 10.3 Å². The monoisotopic (exact) mass is 416 g/mol. The summed E-state index contributed by atoms with van der Waals surface area (Å²) in [5.74, 6) is 0.725. The van der Waals surface area contributed by atoms with Gasteiger partial charge in [-0.3, -0.25) is 4.79 Å². The summed E-state index contributed by atoms with van der Waals surface area (Å²) < 4.78 is 0. The Morgan fingerprint density at radius 2 is 2.04 bits per heavy atom. The smallest absolute Gasteiger partial charge is 0.260 e. The standard InChI is InChI=1S/C20H18ClN3OS2/c1-12(22-9-8-13-4-6-14(21)7-5-13)18-23-19(25)17-15(11-27-20(17)24-18)16-3-2-10-26-16/h2-7,10-12,22H,8-9H2,1H3,(H,23,24,25)/p+1/t12-/m1/s1. The number of nitrogens with two attached hydrogens (primary N) is 1. The lowest BCUT2D eigenvalue weighted by Gasteiger charge is -2.10. The van der Waals surface area contributed by atoms with Gasteiger partial charge in [-0.15, -0.1) is 22.7 Å². The van der Waals surface area contributed by atoms with Crippen LogP contribution in [0.3, 0.4) is 0 Å². The van der Waals surface area contributed by atoms with Crippen LogP contribution in [-0.2, 0) is 6.42 Å². The molecule has 0 aliphatic heterocycles. The Hall–Kier alpha value is -1.99. The molecular formula is C20H19ClN3OS2+. The first kappa shape index (κ1) is 18.4. The summed E-state index contributed by atoms with van der Waals surface area (Å²) in [6, 6.07) is 12.0. The van der Waals surface area contributed by atoms with Gasteiger partial charge in [-0.05, 0) is 36.1 Å². The number of nitrogens with one attached hydrogen (secondary N) is 1. The largest absolute Gasteiger partial charge is 0.337 e. The van der Waals surface area contributed by atoms with Gasteiger partial charge in [0.25, 0.3) is 5.56 Å². The van der Waals surface area contributed by atoms with E-state index < -0.39 is 0 Å². The van der Waals surface area contributed by atoms with Gasteiger partial charge in [-0.25, -0.2) is 4.98 Å². The van der Waals surface area contributed by atoms with Crippen molar-refractivity contribution in [3.63, 3.8) is 0 Å². The second-order valence-electron chi connectivity index (χ2n) is 6.45. The molecule has 4 rings (SSSR count). The summed E-state index contributed by atoms with van der Waals surface area (Å²) in [5, 5.41) is 7.69. The summed E-state index contributed by atoms with van der Waals surface area (Å²) in [4.78, 5) is 22.3. The summed E-state index contributed by atoms with van der Waals surface area (Å²) in [7, 11) is 0. The maximum absolute atomic E-state index is 12.7. The van der Waals surface area contributed by atoms with Crippen LogP contribution in [-0.4, -0.2) is 16.5 Å². The van der Waals surface area contributed by atoms with Crippen LogP contribution in [0.25, 0.3) is 20.7 Å². The van der Waals surface area contributed by atoms with Crippen molar-refractivity contribution in [1.82, 2.24) is 9.97 Å². The van der Waals surface area contributed by atoms with Gasteiger partial charge in [0.15, 0.2) is 5.82 Å². The minimum absolute atomic E-state index is 0.0578. The minimum Gasteiger partial charge on any atom is -0.337 e. The van der Waals surface area contributed by atoms with Crippen molar-refractivity contribution < 1.29 is 5.32 Å². The maximum atomic E-state index is 12.7. The van der Waals surface area contributed by atoms with E-state index in [0.717, 1.165) is 39.1 Å². The number of halogens is 1. The Morgan fingerprint density at radius 1 is 1.22 bits per heavy atom. The molecule has 0 saturated heterocycles. The van der Waals surface area contributed by atoms with Crippen molar-refractivity contribution in [3.8, 4) is 10.4 Å². The lowest BCUT2D eigenvalue weighted by Crippen LogP contribution is -2.85. The number of aromatic nitrogens is 2. The van der Waals surface area contributed by atoms with E-state index >= 15 is 0 Å². The van der Waals surface area contributed by atoms with E-state index in [1.165, 1.54) is 16.9 Å². The van der Waals surface area contributed by atoms with Gasteiger partial charge in [0, 0.05) is 27.3 Å². The molecular weight excluding hydrogens is 398 g/mol. The van der Waals surface area contributed by atoms with Gasteiger partial charge in [0.2, 0.25) is 0 Å². The molecule has 4 nitrogen and oxygen atoms in total. The second kappa shape index (κ2) is 7.94. The van der Waals surface area contributed by atoms with Crippen LogP contribution in [0.5, 0.6) is 0 Å². The van der Waals surface area contributed by atoms with E-state index in [1.807, 2.05) is 47.2 Å². The van der Waals surface area contributed by atoms with Gasteiger partial charge in [0.1, 0.15) is 10.9 Å². The van der Waals surface area contributed by atoms with E-state index in [1.54, 1.807) is 11.3 Å². The van der Waals surface area contributed by atoms with E-state index in [2.05, 4.69) is 17.2 Å². The molecule has 0 radical (unpaired) electrons. The normalized spacial score (nSPS) is 12.5. The molecule has 1 aromatic carbocycles. The Morgan fingerprint density at radius 3 is 2.78 bits per heavy atom. The third-order valence-electron chi connectivity index (χ3n) is 4.55. The molecule has 4 aromatic rings. The summed E-state index contributed by atoms with van der Waals surface area (Å²) in [6.45, 7) is 2.98. The first-order valence-electron chi connectivity index (χ1n) is 8.75. The van der Waals surface area contributed by atoms with E-state index in [9.17, 15) is 4.79 Å². The Kier molecular flexibility index (Phi) is 5.41. The van der Waals surface area contributed by atoms with Crippen molar-refractivity contribution >= 4 is 44.5 Å². The van der Waals surface area contributed by atoms with Crippen LogP contribution in [0.4, 0.5) is 0 Å². The number of nitrogens with zero attached hydrogens (tertiary/aromatic N) is 1. The molecule has 138 valence electrons. The highest BCUT2D eigenvalue weighted by atomic mass is 35.5. The van der Waals surface area contributed by atoms with E-state index in [0.29, 0.717) is 5.39 Å². The van der Waals surface area contributed by atoms with Crippen LogP contribution in [0, 0.1) is 0 Å². The van der Waals surface area contributed by atoms with Crippen LogP contribution in [0.15, 0.2) is 52.0 Å². The molecule has 0 saturated carbocycles. The highest BCUT2D eigenvalue weighted by Crippen LogP contribution is 2.33. The number of hydrogen-bond acceptors (Lipinski definition) is 4. The van der Waals surface area contributed by atoms with Crippen molar-refractivity contribution in [2.24, 2.45) is 0 Å². The molecule has 1 atom stereocenters. The summed E-state index contributed by atoms with van der Waals surface area (Å²) in [6.07, 6.45) is 0.940. The Labute approximate surface area is 169 Å². The van der Waals surface area contributed by atoms with Gasteiger partial charge in [0.05, 0.1) is 11.9 Å². The van der Waals surface area contributed by atoms with Crippen LogP contribution < -0.4 is 10.9 Å². The predicted molar refractivity (Wildman–Crippen MR) is 114 cm³/mol. The molecule has 3 N–H and O–H groups in total. The fourth-order valence-electron chi connectivity index (χ4n) is 3.06. The number of H-pyrrole nitrogens is 1. The molecule has 0 amide bonds. The molecule has 3 heterocycles. The SMILES string of the molecule is C[C@@H]([NH2+]CCc1ccc(Cl)cc1)c1nc2scc(-c3cccs3)c2c(=O)[nH]1. The topological polar surface area (TPSA) is 62.4 Å². The molecule has 0 unspecified atom stereocenters. The summed E-state index contributed by atoms with van der Waals surface area (Å²) >= 11 is 9.09. The lowest BCUT2D eigenvalue weighted by atomic mass is 10.1. The number of rotatable bonds is 6. The summed E-state index contributed by atoms with van der Waals surface area (Å²) in [5.41, 5.74) is 2.17. The Balaban J connectivity index is 1.50. The van der Waals surface area contributed by atoms with Gasteiger partial charge in [-0.1, -0.05) is 29.8 Å². The number of fused-ring (bicyclic) bond motifs is 1. The predicted octanol–water partition coefficient (Wildman–Crippen LogP) is 4.23. The average Bonchev–Trinajstić information content (AvgIpc) is 3.32. The van der Waals surface area contributed by atoms with Crippen LogP contribution in [0.2, 0.25) is 5.02 Å². The van der Waals surface area contributed by atoms with Gasteiger partial charge >= 0.3 is 0 Å². The third kappa shape index (κ3) is 3.99. The maximum Gasteiger partial charge on any atom is 0.260 e. The molecule has 0 spiro atoms. The number of thiophene rings is 2. The molecule has 27 heavy (non-hydrogen) atoms. The van der Waals surface area contributed by atoms with Gasteiger partial charge in [-0.2, -0.15) is 0 Å². The number of hydrogen-bond donors (Lipinski definition) is 2. The molecule has 0 aliphatic carbocycles. The van der Waals surface area contributed by atoms with Crippen molar-refractivity contribution in [3.05, 3.63) is 73.9 Å². The third-order valence-corrected chi connectivity index (χ3v) is 6.57. The molecule has 3 aromatic heterocycles. The fourth-order valence-corrected chi connectivity index (χ4v) is 4.95. The minimum atomic E-state index is -0.0578. The Bertz CT molecular complexity index is 1100. The second-order valence-corrected chi connectivity index (χ2v) is 8.69. The van der Waals surface area contributed by atoms with Crippen LogP contribution in [0.1, 0.15) is 24.4 Å². The highest BCUT2D eigenvalue weighted by molar-refractivity contribution is 7.18. The highest BCUT2D eigenvalue weighted by Gasteiger charge is 2.17. The zero-order valence-corrected chi connectivity index (χ0v) is 17.1.